The van der Waals surface area contributed by atoms with E-state index in [0.717, 1.165) is 17.0 Å². The first-order chi connectivity index (χ1) is 8.99. The molecule has 0 amide bonds. The number of hydrogen-bond acceptors (Lipinski definition) is 2. The predicted molar refractivity (Wildman–Crippen MR) is 71.8 cm³/mol. The van der Waals surface area contributed by atoms with Crippen LogP contribution in [0, 0.1) is 26.6 Å². The van der Waals surface area contributed by atoms with E-state index in [0.29, 0.717) is 18.5 Å². The van der Waals surface area contributed by atoms with E-state index < -0.39 is 0 Å². The van der Waals surface area contributed by atoms with E-state index in [1.165, 1.54) is 24.3 Å². The van der Waals surface area contributed by atoms with Gasteiger partial charge in [-0.25, -0.2) is 4.39 Å². The van der Waals surface area contributed by atoms with Gasteiger partial charge in [-0.2, -0.15) is 5.10 Å². The summed E-state index contributed by atoms with van der Waals surface area (Å²) in [4.78, 5) is 12.0. The van der Waals surface area contributed by atoms with Gasteiger partial charge in [0.05, 0.1) is 5.69 Å². The van der Waals surface area contributed by atoms with Crippen LogP contribution in [0.2, 0.25) is 0 Å². The summed E-state index contributed by atoms with van der Waals surface area (Å²) >= 11 is 0. The van der Waals surface area contributed by atoms with Crippen LogP contribution in [0.1, 0.15) is 33.7 Å². The molecule has 1 aromatic heterocycles. The van der Waals surface area contributed by atoms with Crippen LogP contribution in [-0.4, -0.2) is 15.6 Å². The van der Waals surface area contributed by atoms with Crippen molar-refractivity contribution in [2.75, 3.05) is 0 Å². The molecule has 1 aromatic carbocycles. The third-order valence-electron chi connectivity index (χ3n) is 3.46. The average molecular weight is 260 g/mol. The van der Waals surface area contributed by atoms with Gasteiger partial charge in [-0.3, -0.25) is 9.48 Å². The second-order valence-electron chi connectivity index (χ2n) is 4.70. The SMILES string of the molecule is Cc1nn(CCC(=O)c2ccc(F)cc2)c(C)c1C. The third-order valence-corrected chi connectivity index (χ3v) is 3.46. The van der Waals surface area contributed by atoms with Crippen molar-refractivity contribution in [3.05, 3.63) is 52.6 Å². The molecule has 0 spiro atoms. The van der Waals surface area contributed by atoms with Crippen molar-refractivity contribution in [3.63, 3.8) is 0 Å². The lowest BCUT2D eigenvalue weighted by Crippen LogP contribution is -2.08. The van der Waals surface area contributed by atoms with Gasteiger partial charge in [0.25, 0.3) is 0 Å². The number of benzene rings is 1. The zero-order valence-electron chi connectivity index (χ0n) is 11.4. The Hall–Kier alpha value is -1.97. The highest BCUT2D eigenvalue weighted by Gasteiger charge is 2.10. The quantitative estimate of drug-likeness (QED) is 0.791. The Labute approximate surface area is 112 Å². The van der Waals surface area contributed by atoms with Crippen molar-refractivity contribution in [1.29, 1.82) is 0 Å². The Morgan fingerprint density at radius 2 is 1.84 bits per heavy atom. The Morgan fingerprint density at radius 1 is 1.21 bits per heavy atom. The fraction of sp³-hybridized carbons (Fsp3) is 0.333. The highest BCUT2D eigenvalue weighted by Crippen LogP contribution is 2.12. The van der Waals surface area contributed by atoms with E-state index in [-0.39, 0.29) is 11.6 Å². The highest BCUT2D eigenvalue weighted by atomic mass is 19.1. The zero-order chi connectivity index (χ0) is 14.0. The van der Waals surface area contributed by atoms with Gasteiger partial charge < -0.3 is 0 Å². The fourth-order valence-electron chi connectivity index (χ4n) is 1.99. The maximum Gasteiger partial charge on any atom is 0.164 e. The summed E-state index contributed by atoms with van der Waals surface area (Å²) in [6.07, 6.45) is 0.368. The first kappa shape index (κ1) is 13.5. The van der Waals surface area contributed by atoms with Crippen LogP contribution in [0.5, 0.6) is 0 Å². The Kier molecular flexibility index (Phi) is 3.79. The molecule has 0 fully saturated rings. The van der Waals surface area contributed by atoms with Crippen molar-refractivity contribution in [2.24, 2.45) is 0 Å². The van der Waals surface area contributed by atoms with Crippen LogP contribution in [0.15, 0.2) is 24.3 Å². The Balaban J connectivity index is 2.04. The van der Waals surface area contributed by atoms with Gasteiger partial charge in [-0.1, -0.05) is 0 Å². The molecule has 3 nitrogen and oxygen atoms in total. The van der Waals surface area contributed by atoms with E-state index >= 15 is 0 Å². The molecule has 2 rings (SSSR count). The van der Waals surface area contributed by atoms with Gasteiger partial charge in [-0.15, -0.1) is 0 Å². The van der Waals surface area contributed by atoms with Gasteiger partial charge in [-0.05, 0) is 50.6 Å². The number of Topliss-reactive ketones (excluding diaryl/α,β-unsaturated/α-hetero) is 1. The number of halogens is 1. The molecule has 0 N–H and O–H groups in total. The van der Waals surface area contributed by atoms with E-state index in [1.54, 1.807) is 0 Å². The molecule has 19 heavy (non-hydrogen) atoms. The van der Waals surface area contributed by atoms with Crippen molar-refractivity contribution in [1.82, 2.24) is 9.78 Å². The number of rotatable bonds is 4. The first-order valence-electron chi connectivity index (χ1n) is 6.28. The molecule has 0 aliphatic heterocycles. The molecule has 0 aliphatic rings. The lowest BCUT2D eigenvalue weighted by atomic mass is 10.1. The van der Waals surface area contributed by atoms with E-state index in [9.17, 15) is 9.18 Å². The van der Waals surface area contributed by atoms with Crippen LogP contribution in [0.25, 0.3) is 0 Å². The molecular weight excluding hydrogens is 243 g/mol. The lowest BCUT2D eigenvalue weighted by molar-refractivity contribution is 0.0975. The van der Waals surface area contributed by atoms with Crippen LogP contribution in [0.3, 0.4) is 0 Å². The Morgan fingerprint density at radius 3 is 2.37 bits per heavy atom. The van der Waals surface area contributed by atoms with Crippen molar-refractivity contribution >= 4 is 5.78 Å². The molecule has 0 saturated heterocycles. The minimum absolute atomic E-state index is 0.00482. The minimum atomic E-state index is -0.328. The molecule has 100 valence electrons. The smallest absolute Gasteiger partial charge is 0.164 e. The van der Waals surface area contributed by atoms with E-state index in [1.807, 2.05) is 25.5 Å². The van der Waals surface area contributed by atoms with Gasteiger partial charge in [0.2, 0.25) is 0 Å². The van der Waals surface area contributed by atoms with Crippen molar-refractivity contribution < 1.29 is 9.18 Å². The number of nitrogens with zero attached hydrogens (tertiary/aromatic N) is 2. The van der Waals surface area contributed by atoms with Crippen LogP contribution in [-0.2, 0) is 6.54 Å². The molecule has 1 heterocycles. The second-order valence-corrected chi connectivity index (χ2v) is 4.70. The molecule has 0 aliphatic carbocycles. The molecule has 0 saturated carbocycles. The molecule has 0 bridgehead atoms. The molecule has 0 atom stereocenters. The van der Waals surface area contributed by atoms with Crippen LogP contribution in [0.4, 0.5) is 4.39 Å². The number of aromatic nitrogens is 2. The second kappa shape index (κ2) is 5.34. The number of carbonyl (C=O) groups excluding carboxylic acids is 1. The summed E-state index contributed by atoms with van der Waals surface area (Å²) in [5.41, 5.74) is 3.78. The summed E-state index contributed by atoms with van der Waals surface area (Å²) in [6.45, 7) is 6.53. The molecule has 2 aromatic rings. The number of carbonyl (C=O) groups is 1. The summed E-state index contributed by atoms with van der Waals surface area (Å²) in [6, 6.07) is 5.65. The molecule has 0 unspecified atom stereocenters. The van der Waals surface area contributed by atoms with E-state index in [4.69, 9.17) is 0 Å². The normalized spacial score (nSPS) is 10.7. The molecular formula is C15H17FN2O. The largest absolute Gasteiger partial charge is 0.294 e. The van der Waals surface area contributed by atoms with Crippen LogP contribution < -0.4 is 0 Å². The third kappa shape index (κ3) is 2.89. The molecule has 0 radical (unpaired) electrons. The van der Waals surface area contributed by atoms with Crippen molar-refractivity contribution in [2.45, 2.75) is 33.7 Å². The monoisotopic (exact) mass is 260 g/mol. The summed E-state index contributed by atoms with van der Waals surface area (Å²) in [5.74, 6) is -0.323. The average Bonchev–Trinajstić information content (AvgIpc) is 2.64. The van der Waals surface area contributed by atoms with Crippen LogP contribution >= 0.6 is 0 Å². The summed E-state index contributed by atoms with van der Waals surface area (Å²) in [5, 5.41) is 4.39. The van der Waals surface area contributed by atoms with Gasteiger partial charge in [0.1, 0.15) is 5.82 Å². The lowest BCUT2D eigenvalue weighted by Gasteiger charge is -2.04. The fourth-order valence-corrected chi connectivity index (χ4v) is 1.99. The topological polar surface area (TPSA) is 34.9 Å². The summed E-state index contributed by atoms with van der Waals surface area (Å²) in [7, 11) is 0. The maximum atomic E-state index is 12.8. The molecule has 4 heteroatoms. The number of hydrogen-bond donors (Lipinski definition) is 0. The van der Waals surface area contributed by atoms with Crippen molar-refractivity contribution in [3.8, 4) is 0 Å². The van der Waals surface area contributed by atoms with Gasteiger partial charge >= 0.3 is 0 Å². The van der Waals surface area contributed by atoms with Gasteiger partial charge in [0.15, 0.2) is 5.78 Å². The minimum Gasteiger partial charge on any atom is -0.294 e. The maximum absolute atomic E-state index is 12.8. The van der Waals surface area contributed by atoms with Gasteiger partial charge in [0, 0.05) is 24.2 Å². The van der Waals surface area contributed by atoms with E-state index in [2.05, 4.69) is 5.10 Å². The number of aryl methyl sites for hydroxylation is 2. The zero-order valence-corrected chi connectivity index (χ0v) is 11.4. The Bertz CT molecular complexity index is 599. The first-order valence-corrected chi connectivity index (χ1v) is 6.28. The predicted octanol–water partition coefficient (Wildman–Crippen LogP) is 3.22. The highest BCUT2D eigenvalue weighted by molar-refractivity contribution is 5.95. The number of ketones is 1. The standard InChI is InChI=1S/C15H17FN2O/c1-10-11(2)17-18(12(10)3)9-8-15(19)13-4-6-14(16)7-5-13/h4-7H,8-9H2,1-3H3. The summed E-state index contributed by atoms with van der Waals surface area (Å²) < 4.78 is 14.6.